The number of hydrogen-bond acceptors (Lipinski definition) is 4. The molecule has 1 N–H and O–H groups in total. The topological polar surface area (TPSA) is 71.6 Å². The molecule has 0 spiro atoms. The Morgan fingerprint density at radius 3 is 2.91 bits per heavy atom. The third-order valence-electron chi connectivity index (χ3n) is 3.92. The van der Waals surface area contributed by atoms with Crippen LogP contribution in [0.2, 0.25) is 0 Å². The van der Waals surface area contributed by atoms with Crippen molar-refractivity contribution in [3.63, 3.8) is 0 Å². The fourth-order valence-corrected chi connectivity index (χ4v) is 2.53. The van der Waals surface area contributed by atoms with Crippen LogP contribution in [0.4, 0.5) is 0 Å². The maximum atomic E-state index is 12.0. The standard InChI is InChI=1S/C16H23N5O/c1-4-6-7-16(19-20-16)8-9-18-15(22)12-13(3)21-11-10-17-14(21)5-2/h1,10-11,13H,5-9,12H2,2-3H3,(H,18,22). The Balaban J connectivity index is 1.71. The SMILES string of the molecule is C#CCCC1(CCNC(=O)CC(C)n2ccnc2CC)N=N1. The zero-order chi connectivity index (χ0) is 16.0. The number of imidazole rings is 1. The summed E-state index contributed by atoms with van der Waals surface area (Å²) in [6.45, 7) is 4.66. The second kappa shape index (κ2) is 7.21. The molecule has 0 aromatic carbocycles. The maximum absolute atomic E-state index is 12.0. The summed E-state index contributed by atoms with van der Waals surface area (Å²) in [4.78, 5) is 16.3. The number of aryl methyl sites for hydroxylation is 1. The van der Waals surface area contributed by atoms with Crippen LogP contribution in [0.25, 0.3) is 0 Å². The molecule has 1 aliphatic heterocycles. The molecule has 0 fully saturated rings. The minimum Gasteiger partial charge on any atom is -0.356 e. The smallest absolute Gasteiger partial charge is 0.222 e. The summed E-state index contributed by atoms with van der Waals surface area (Å²) in [5.41, 5.74) is -0.328. The quantitative estimate of drug-likeness (QED) is 0.712. The molecule has 0 radical (unpaired) electrons. The summed E-state index contributed by atoms with van der Waals surface area (Å²) in [5.74, 6) is 3.64. The third-order valence-corrected chi connectivity index (χ3v) is 3.92. The van der Waals surface area contributed by atoms with Crippen molar-refractivity contribution >= 4 is 5.91 Å². The zero-order valence-electron chi connectivity index (χ0n) is 13.2. The van der Waals surface area contributed by atoms with Crippen LogP contribution >= 0.6 is 0 Å². The summed E-state index contributed by atoms with van der Waals surface area (Å²) in [7, 11) is 0. The average molecular weight is 301 g/mol. The van der Waals surface area contributed by atoms with Gasteiger partial charge in [-0.15, -0.1) is 12.3 Å². The van der Waals surface area contributed by atoms with Crippen molar-refractivity contribution in [2.45, 2.75) is 57.7 Å². The Morgan fingerprint density at radius 1 is 1.50 bits per heavy atom. The predicted octanol–water partition coefficient (Wildman–Crippen LogP) is 2.48. The van der Waals surface area contributed by atoms with Gasteiger partial charge < -0.3 is 9.88 Å². The molecule has 2 rings (SSSR count). The van der Waals surface area contributed by atoms with Crippen LogP contribution in [0.5, 0.6) is 0 Å². The molecule has 1 aromatic heterocycles. The van der Waals surface area contributed by atoms with Crippen molar-refractivity contribution in [3.05, 3.63) is 18.2 Å². The number of nitrogens with one attached hydrogen (secondary N) is 1. The first kappa shape index (κ1) is 16.2. The van der Waals surface area contributed by atoms with Crippen molar-refractivity contribution in [3.8, 4) is 12.3 Å². The molecule has 22 heavy (non-hydrogen) atoms. The Hall–Kier alpha value is -2.16. The van der Waals surface area contributed by atoms with Crippen LogP contribution in [0, 0.1) is 12.3 Å². The molecule has 1 unspecified atom stereocenters. The van der Waals surface area contributed by atoms with Crippen LogP contribution in [0.1, 0.15) is 51.4 Å². The molecule has 0 aliphatic carbocycles. The highest BCUT2D eigenvalue weighted by atomic mass is 16.1. The summed E-state index contributed by atoms with van der Waals surface area (Å²) >= 11 is 0. The normalized spacial score (nSPS) is 16.0. The first-order valence-electron chi connectivity index (χ1n) is 7.76. The highest BCUT2D eigenvalue weighted by Crippen LogP contribution is 2.36. The van der Waals surface area contributed by atoms with Gasteiger partial charge in [-0.25, -0.2) is 4.98 Å². The maximum Gasteiger partial charge on any atom is 0.222 e. The predicted molar refractivity (Wildman–Crippen MR) is 84.2 cm³/mol. The van der Waals surface area contributed by atoms with Gasteiger partial charge in [0.1, 0.15) is 5.82 Å². The molecule has 1 amide bonds. The van der Waals surface area contributed by atoms with Crippen LogP contribution in [0.15, 0.2) is 22.6 Å². The van der Waals surface area contributed by atoms with Gasteiger partial charge in [-0.3, -0.25) is 4.79 Å². The summed E-state index contributed by atoms with van der Waals surface area (Å²) in [5, 5.41) is 11.1. The molecule has 0 bridgehead atoms. The highest BCUT2D eigenvalue weighted by molar-refractivity contribution is 5.76. The molecule has 0 saturated heterocycles. The average Bonchev–Trinajstić information content (AvgIpc) is 3.10. The second-order valence-corrected chi connectivity index (χ2v) is 5.64. The van der Waals surface area contributed by atoms with E-state index in [1.807, 2.05) is 13.1 Å². The first-order valence-corrected chi connectivity index (χ1v) is 7.76. The Kier molecular flexibility index (Phi) is 5.31. The lowest BCUT2D eigenvalue weighted by atomic mass is 10.0. The fraction of sp³-hybridized carbons (Fsp3) is 0.625. The van der Waals surface area contributed by atoms with Gasteiger partial charge in [0.05, 0.1) is 0 Å². The molecule has 1 aromatic rings. The van der Waals surface area contributed by atoms with E-state index in [1.165, 1.54) is 0 Å². The number of rotatable bonds is 9. The van der Waals surface area contributed by atoms with Gasteiger partial charge in [0.25, 0.3) is 0 Å². The minimum absolute atomic E-state index is 0.0380. The zero-order valence-corrected chi connectivity index (χ0v) is 13.2. The van der Waals surface area contributed by atoms with Crippen LogP contribution in [-0.4, -0.2) is 27.7 Å². The van der Waals surface area contributed by atoms with Crippen LogP contribution in [0.3, 0.4) is 0 Å². The van der Waals surface area contributed by atoms with Gasteiger partial charge in [-0.05, 0) is 6.92 Å². The monoisotopic (exact) mass is 301 g/mol. The molecule has 1 aliphatic rings. The lowest BCUT2D eigenvalue weighted by molar-refractivity contribution is -0.121. The summed E-state index contributed by atoms with van der Waals surface area (Å²) in [6, 6.07) is 0.100. The highest BCUT2D eigenvalue weighted by Gasteiger charge is 2.38. The van der Waals surface area contributed by atoms with E-state index in [0.29, 0.717) is 19.4 Å². The summed E-state index contributed by atoms with van der Waals surface area (Å²) in [6.07, 6.45) is 12.4. The third kappa shape index (κ3) is 4.17. The van der Waals surface area contributed by atoms with E-state index in [4.69, 9.17) is 6.42 Å². The molecule has 118 valence electrons. The van der Waals surface area contributed by atoms with E-state index >= 15 is 0 Å². The van der Waals surface area contributed by atoms with Crippen LogP contribution in [-0.2, 0) is 11.2 Å². The number of carbonyl (C=O) groups excluding carboxylic acids is 1. The number of nitrogens with zero attached hydrogens (tertiary/aromatic N) is 4. The molecule has 6 nitrogen and oxygen atoms in total. The van der Waals surface area contributed by atoms with Crippen LogP contribution < -0.4 is 5.32 Å². The van der Waals surface area contributed by atoms with Crippen molar-refractivity contribution in [2.75, 3.05) is 6.54 Å². The molecule has 1 atom stereocenters. The lowest BCUT2D eigenvalue weighted by Crippen LogP contribution is -2.30. The van der Waals surface area contributed by atoms with Gasteiger partial charge in [-0.2, -0.15) is 10.2 Å². The van der Waals surface area contributed by atoms with Gasteiger partial charge >= 0.3 is 0 Å². The first-order chi connectivity index (χ1) is 10.6. The van der Waals surface area contributed by atoms with E-state index in [0.717, 1.165) is 25.1 Å². The van der Waals surface area contributed by atoms with E-state index in [9.17, 15) is 4.79 Å². The van der Waals surface area contributed by atoms with Gasteiger partial charge in [-0.1, -0.05) is 6.92 Å². The second-order valence-electron chi connectivity index (χ2n) is 5.64. The van der Waals surface area contributed by atoms with Gasteiger partial charge in [0.2, 0.25) is 5.91 Å². The van der Waals surface area contributed by atoms with E-state index in [-0.39, 0.29) is 17.6 Å². The summed E-state index contributed by atoms with van der Waals surface area (Å²) < 4.78 is 2.06. The Morgan fingerprint density at radius 2 is 2.27 bits per heavy atom. The van der Waals surface area contributed by atoms with E-state index in [2.05, 4.69) is 37.9 Å². The number of hydrogen-bond donors (Lipinski definition) is 1. The van der Waals surface area contributed by atoms with Gasteiger partial charge in [0, 0.05) is 57.1 Å². The van der Waals surface area contributed by atoms with E-state index in [1.54, 1.807) is 6.20 Å². The number of amides is 1. The molecule has 6 heteroatoms. The van der Waals surface area contributed by atoms with Crippen molar-refractivity contribution in [2.24, 2.45) is 10.2 Å². The Labute approximate surface area is 131 Å². The fourth-order valence-electron chi connectivity index (χ4n) is 2.53. The van der Waals surface area contributed by atoms with Crippen molar-refractivity contribution < 1.29 is 4.79 Å². The van der Waals surface area contributed by atoms with Crippen molar-refractivity contribution in [1.82, 2.24) is 14.9 Å². The minimum atomic E-state index is -0.328. The largest absolute Gasteiger partial charge is 0.356 e. The molecule has 2 heterocycles. The Bertz CT molecular complexity index is 578. The number of carbonyl (C=O) groups is 1. The van der Waals surface area contributed by atoms with Gasteiger partial charge in [0.15, 0.2) is 5.66 Å². The number of terminal acetylenes is 1. The molecule has 0 saturated carbocycles. The van der Waals surface area contributed by atoms with E-state index < -0.39 is 0 Å². The molecular weight excluding hydrogens is 278 g/mol. The lowest BCUT2D eigenvalue weighted by Gasteiger charge is -2.16. The number of aromatic nitrogens is 2. The van der Waals surface area contributed by atoms with Crippen molar-refractivity contribution in [1.29, 1.82) is 0 Å². The molecular formula is C16H23N5O.